The molecule has 0 unspecified atom stereocenters. The first-order valence-corrected chi connectivity index (χ1v) is 8.44. The van der Waals surface area contributed by atoms with Gasteiger partial charge in [0.05, 0.1) is 24.0 Å². The van der Waals surface area contributed by atoms with E-state index in [-0.39, 0.29) is 12.1 Å². The van der Waals surface area contributed by atoms with E-state index in [1.165, 1.54) is 5.56 Å². The zero-order valence-corrected chi connectivity index (χ0v) is 14.5. The van der Waals surface area contributed by atoms with Gasteiger partial charge in [-0.25, -0.2) is 4.68 Å². The quantitative estimate of drug-likeness (QED) is 0.712. The first kappa shape index (κ1) is 16.0. The summed E-state index contributed by atoms with van der Waals surface area (Å²) < 4.78 is 9.50. The first-order valence-electron chi connectivity index (χ1n) is 8.44. The number of rotatable bonds is 5. The molecule has 1 aromatic carbocycles. The van der Waals surface area contributed by atoms with Crippen molar-refractivity contribution < 1.29 is 4.74 Å². The van der Waals surface area contributed by atoms with Crippen molar-refractivity contribution in [2.24, 2.45) is 7.05 Å². The van der Waals surface area contributed by atoms with Crippen LogP contribution >= 0.6 is 0 Å². The first-order chi connectivity index (χ1) is 12.2. The second-order valence-electron chi connectivity index (χ2n) is 6.47. The summed E-state index contributed by atoms with van der Waals surface area (Å²) in [5.74, 6) is 0.981. The molecule has 1 saturated heterocycles. The molecule has 25 heavy (non-hydrogen) atoms. The van der Waals surface area contributed by atoms with Gasteiger partial charge in [-0.05, 0) is 18.6 Å². The molecule has 0 spiro atoms. The van der Waals surface area contributed by atoms with Crippen molar-refractivity contribution in [1.29, 1.82) is 0 Å². The molecule has 7 nitrogen and oxygen atoms in total. The average Bonchev–Trinajstić information content (AvgIpc) is 3.36. The van der Waals surface area contributed by atoms with E-state index < -0.39 is 0 Å². The number of aryl methyl sites for hydroxylation is 1. The Kier molecular flexibility index (Phi) is 4.33. The summed E-state index contributed by atoms with van der Waals surface area (Å²) in [6.45, 7) is 1.69. The van der Waals surface area contributed by atoms with Gasteiger partial charge < -0.3 is 9.30 Å². The van der Waals surface area contributed by atoms with E-state index >= 15 is 0 Å². The summed E-state index contributed by atoms with van der Waals surface area (Å²) in [7, 11) is 3.76. The maximum absolute atomic E-state index is 5.60. The van der Waals surface area contributed by atoms with Crippen LogP contribution in [0.4, 0.5) is 0 Å². The van der Waals surface area contributed by atoms with E-state index in [1.54, 1.807) is 13.4 Å². The third-order valence-corrected chi connectivity index (χ3v) is 4.79. The predicted octanol–water partition coefficient (Wildman–Crippen LogP) is 1.96. The van der Waals surface area contributed by atoms with Gasteiger partial charge in [-0.2, -0.15) is 5.10 Å². The number of benzene rings is 1. The van der Waals surface area contributed by atoms with E-state index in [1.807, 2.05) is 40.7 Å². The van der Waals surface area contributed by atoms with Crippen molar-refractivity contribution in [3.05, 3.63) is 60.4 Å². The van der Waals surface area contributed by atoms with Gasteiger partial charge >= 0.3 is 0 Å². The number of nitrogens with zero attached hydrogens (tertiary/aromatic N) is 6. The Labute approximate surface area is 146 Å². The molecule has 3 aromatic rings. The maximum Gasteiger partial charge on any atom is 0.150 e. The minimum atomic E-state index is 0.206. The Morgan fingerprint density at radius 2 is 2.08 bits per heavy atom. The summed E-state index contributed by atoms with van der Waals surface area (Å²) in [5, 5.41) is 12.8. The Morgan fingerprint density at radius 3 is 2.80 bits per heavy atom. The van der Waals surface area contributed by atoms with Crippen LogP contribution in [0.15, 0.2) is 49.1 Å². The molecule has 1 aliphatic heterocycles. The topological polar surface area (TPSA) is 61.0 Å². The summed E-state index contributed by atoms with van der Waals surface area (Å²) in [6, 6.07) is 10.4. The largest absolute Gasteiger partial charge is 0.380 e. The zero-order chi connectivity index (χ0) is 17.2. The SMILES string of the molecule is CO[C@@H]1C[C@@H](c2nncn2C)N(Cc2cnn(-c3ccccc3)c2)C1. The van der Waals surface area contributed by atoms with Crippen LogP contribution in [0.1, 0.15) is 23.9 Å². The zero-order valence-electron chi connectivity index (χ0n) is 14.5. The van der Waals surface area contributed by atoms with Crippen molar-refractivity contribution in [2.75, 3.05) is 13.7 Å². The number of hydrogen-bond acceptors (Lipinski definition) is 5. The van der Waals surface area contributed by atoms with Crippen molar-refractivity contribution in [1.82, 2.24) is 29.4 Å². The van der Waals surface area contributed by atoms with Gasteiger partial charge in [-0.3, -0.25) is 4.90 Å². The highest BCUT2D eigenvalue weighted by atomic mass is 16.5. The van der Waals surface area contributed by atoms with E-state index in [9.17, 15) is 0 Å². The monoisotopic (exact) mass is 338 g/mol. The van der Waals surface area contributed by atoms with Crippen LogP contribution in [0.2, 0.25) is 0 Å². The van der Waals surface area contributed by atoms with Crippen LogP contribution in [-0.2, 0) is 18.3 Å². The molecule has 4 rings (SSSR count). The molecule has 130 valence electrons. The summed E-state index contributed by atoms with van der Waals surface area (Å²) >= 11 is 0. The Balaban J connectivity index is 1.54. The molecule has 0 saturated carbocycles. The van der Waals surface area contributed by atoms with Crippen LogP contribution in [-0.4, -0.2) is 49.2 Å². The normalized spacial score (nSPS) is 21.0. The highest BCUT2D eigenvalue weighted by molar-refractivity contribution is 5.30. The Hall–Kier alpha value is -2.51. The molecule has 0 amide bonds. The lowest BCUT2D eigenvalue weighted by Crippen LogP contribution is -2.26. The molecular weight excluding hydrogens is 316 g/mol. The Bertz CT molecular complexity index is 827. The number of likely N-dealkylation sites (tertiary alicyclic amines) is 1. The highest BCUT2D eigenvalue weighted by Crippen LogP contribution is 2.33. The molecule has 7 heteroatoms. The van der Waals surface area contributed by atoms with Crippen LogP contribution < -0.4 is 0 Å². The molecule has 1 aliphatic rings. The molecule has 2 atom stereocenters. The molecule has 0 N–H and O–H groups in total. The molecule has 1 fully saturated rings. The van der Waals surface area contributed by atoms with Crippen molar-refractivity contribution in [3.63, 3.8) is 0 Å². The molecule has 0 radical (unpaired) electrons. The molecular formula is C18H22N6O. The summed E-state index contributed by atoms with van der Waals surface area (Å²) in [5.41, 5.74) is 2.24. The van der Waals surface area contributed by atoms with Gasteiger partial charge in [0.15, 0.2) is 0 Å². The van der Waals surface area contributed by atoms with Gasteiger partial charge in [0.1, 0.15) is 12.2 Å². The van der Waals surface area contributed by atoms with Crippen LogP contribution in [0.3, 0.4) is 0 Å². The number of hydrogen-bond donors (Lipinski definition) is 0. The van der Waals surface area contributed by atoms with Crippen molar-refractivity contribution in [2.45, 2.75) is 25.1 Å². The highest BCUT2D eigenvalue weighted by Gasteiger charge is 2.35. The maximum atomic E-state index is 5.60. The standard InChI is InChI=1S/C18H22N6O/c1-22-13-19-21-18(22)17-8-16(25-2)12-23(17)10-14-9-20-24(11-14)15-6-4-3-5-7-15/h3-7,9,11,13,16-17H,8,10,12H2,1-2H3/t16-,17+/m1/s1. The minimum Gasteiger partial charge on any atom is -0.380 e. The number of methoxy groups -OCH3 is 1. The van der Waals surface area contributed by atoms with Crippen molar-refractivity contribution in [3.8, 4) is 5.69 Å². The number of para-hydroxylation sites is 1. The molecule has 2 aromatic heterocycles. The third kappa shape index (κ3) is 3.20. The number of ether oxygens (including phenoxy) is 1. The number of aromatic nitrogens is 5. The predicted molar refractivity (Wildman–Crippen MR) is 93.1 cm³/mol. The van der Waals surface area contributed by atoms with Crippen molar-refractivity contribution >= 4 is 0 Å². The average molecular weight is 338 g/mol. The minimum absolute atomic E-state index is 0.206. The second-order valence-corrected chi connectivity index (χ2v) is 6.47. The molecule has 3 heterocycles. The van der Waals surface area contributed by atoms with Crippen LogP contribution in [0.5, 0.6) is 0 Å². The van der Waals surface area contributed by atoms with Crippen LogP contribution in [0.25, 0.3) is 5.69 Å². The molecule has 0 bridgehead atoms. The second kappa shape index (κ2) is 6.78. The van der Waals surface area contributed by atoms with Gasteiger partial charge in [-0.15, -0.1) is 10.2 Å². The fraction of sp³-hybridized carbons (Fsp3) is 0.389. The van der Waals surface area contributed by atoms with E-state index in [0.717, 1.165) is 31.0 Å². The lowest BCUT2D eigenvalue weighted by atomic mass is 10.2. The van der Waals surface area contributed by atoms with E-state index in [2.05, 4.69) is 38.5 Å². The summed E-state index contributed by atoms with van der Waals surface area (Å²) in [6.07, 6.45) is 6.91. The lowest BCUT2D eigenvalue weighted by molar-refractivity contribution is 0.107. The molecule has 0 aliphatic carbocycles. The fourth-order valence-corrected chi connectivity index (χ4v) is 3.47. The van der Waals surface area contributed by atoms with Gasteiger partial charge in [0.2, 0.25) is 0 Å². The van der Waals surface area contributed by atoms with Gasteiger partial charge in [0, 0.05) is 39.0 Å². The van der Waals surface area contributed by atoms with E-state index in [4.69, 9.17) is 4.74 Å². The smallest absolute Gasteiger partial charge is 0.150 e. The van der Waals surface area contributed by atoms with Gasteiger partial charge in [-0.1, -0.05) is 18.2 Å². The summed E-state index contributed by atoms with van der Waals surface area (Å²) in [4.78, 5) is 2.39. The van der Waals surface area contributed by atoms with Crippen LogP contribution in [0, 0.1) is 0 Å². The third-order valence-electron chi connectivity index (χ3n) is 4.79. The van der Waals surface area contributed by atoms with Gasteiger partial charge in [0.25, 0.3) is 0 Å². The Morgan fingerprint density at radius 1 is 1.24 bits per heavy atom. The van der Waals surface area contributed by atoms with E-state index in [0.29, 0.717) is 0 Å². The fourth-order valence-electron chi connectivity index (χ4n) is 3.47. The lowest BCUT2D eigenvalue weighted by Gasteiger charge is -2.22.